The molecule has 0 bridgehead atoms. The summed E-state index contributed by atoms with van der Waals surface area (Å²) < 4.78 is 41.3. The minimum absolute atomic E-state index is 0.193. The van der Waals surface area contributed by atoms with Crippen LogP contribution < -0.4 is 21.9 Å². The lowest BCUT2D eigenvalue weighted by Crippen LogP contribution is -2.54. The monoisotopic (exact) mass is 511 g/mol. The molecule has 0 radical (unpaired) electrons. The van der Waals surface area contributed by atoms with Crippen molar-refractivity contribution < 1.29 is 22.4 Å². The number of aromatic nitrogens is 2. The normalized spacial score (nSPS) is 15.9. The minimum Gasteiger partial charge on any atom is -0.350 e. The highest BCUT2D eigenvalue weighted by Crippen LogP contribution is 2.26. The van der Waals surface area contributed by atoms with Gasteiger partial charge in [-0.05, 0) is 35.4 Å². The second kappa shape index (κ2) is 9.23. The number of nitrogens with zero attached hydrogens (tertiary/aromatic N) is 3. The molecular formula is C23H18FN5O6S. The second-order valence-corrected chi connectivity index (χ2v) is 9.95. The largest absolute Gasteiger partial charge is 0.350 e. The molecule has 2 heterocycles. The summed E-state index contributed by atoms with van der Waals surface area (Å²) in [6, 6.07) is 12.9. The van der Waals surface area contributed by atoms with Crippen molar-refractivity contribution in [1.82, 2.24) is 14.5 Å². The molecule has 184 valence electrons. The van der Waals surface area contributed by atoms with Crippen LogP contribution in [0, 0.1) is 17.1 Å². The Morgan fingerprint density at radius 1 is 1.08 bits per heavy atom. The molecule has 2 aromatic carbocycles. The maximum atomic E-state index is 13.3. The number of nitriles is 1. The number of rotatable bonds is 5. The predicted molar refractivity (Wildman–Crippen MR) is 124 cm³/mol. The molecule has 13 heteroatoms. The van der Waals surface area contributed by atoms with E-state index in [9.17, 15) is 32.0 Å². The number of carbonyl (C=O) groups is 2. The van der Waals surface area contributed by atoms with Crippen molar-refractivity contribution in [2.45, 2.75) is 23.2 Å². The van der Waals surface area contributed by atoms with Gasteiger partial charge >= 0.3 is 5.69 Å². The Bertz CT molecular complexity index is 1650. The summed E-state index contributed by atoms with van der Waals surface area (Å²) in [6.07, 6.45) is 0. The molecule has 0 spiro atoms. The molecule has 1 aliphatic rings. The summed E-state index contributed by atoms with van der Waals surface area (Å²) in [5.41, 5.74) is -0.847. The van der Waals surface area contributed by atoms with Gasteiger partial charge in [0.15, 0.2) is 4.90 Å². The van der Waals surface area contributed by atoms with Crippen LogP contribution in [0.25, 0.3) is 0 Å². The molecule has 0 saturated heterocycles. The van der Waals surface area contributed by atoms with Gasteiger partial charge in [0, 0.05) is 13.6 Å². The Balaban J connectivity index is 1.72. The summed E-state index contributed by atoms with van der Waals surface area (Å²) in [6.45, 7) is -0.503. The molecular weight excluding hydrogens is 493 g/mol. The van der Waals surface area contributed by atoms with Crippen LogP contribution in [-0.2, 0) is 39.6 Å². The van der Waals surface area contributed by atoms with E-state index < -0.39 is 54.7 Å². The number of carbonyl (C=O) groups excluding carboxylic acids is 2. The third kappa shape index (κ3) is 4.29. The predicted octanol–water partition coefficient (Wildman–Crippen LogP) is 0.0169. The molecule has 1 aromatic heterocycles. The first-order valence-corrected chi connectivity index (χ1v) is 12.0. The standard InChI is InChI=1S/C23H18FN5O6S/c1-28-19-17(22(32)29(23(28)33)12-15-4-2-13(10-25)3-5-15)36(34,35)18(21(31)27-19)20(30)26-11-14-6-8-16(24)9-7-14/h2-9,18H,11-12H2,1H3,(H,26,30)(H,27,31). The molecule has 4 rings (SSSR count). The van der Waals surface area contributed by atoms with Crippen LogP contribution in [0.15, 0.2) is 63.0 Å². The van der Waals surface area contributed by atoms with Crippen molar-refractivity contribution in [3.05, 3.63) is 91.9 Å². The number of halogens is 1. The van der Waals surface area contributed by atoms with Crippen molar-refractivity contribution in [2.24, 2.45) is 7.05 Å². The molecule has 0 aliphatic carbocycles. The SMILES string of the molecule is Cn1c2c(c(=O)n(Cc3ccc(C#N)cc3)c1=O)S(=O)(=O)C(C(=O)NCc1ccc(F)cc1)C(=O)N2. The first kappa shape index (κ1) is 24.6. The molecule has 1 atom stereocenters. The lowest BCUT2D eigenvalue weighted by atomic mass is 10.1. The first-order chi connectivity index (χ1) is 17.0. The van der Waals surface area contributed by atoms with Crippen LogP contribution in [0.4, 0.5) is 10.2 Å². The van der Waals surface area contributed by atoms with Crippen LogP contribution in [0.1, 0.15) is 16.7 Å². The van der Waals surface area contributed by atoms with E-state index in [2.05, 4.69) is 10.6 Å². The minimum atomic E-state index is -4.86. The van der Waals surface area contributed by atoms with Crippen LogP contribution in [0.5, 0.6) is 0 Å². The Morgan fingerprint density at radius 2 is 1.69 bits per heavy atom. The van der Waals surface area contributed by atoms with Gasteiger partial charge in [-0.2, -0.15) is 5.26 Å². The molecule has 0 fully saturated rings. The number of nitrogens with one attached hydrogen (secondary N) is 2. The van der Waals surface area contributed by atoms with Gasteiger partial charge < -0.3 is 10.6 Å². The van der Waals surface area contributed by atoms with Gasteiger partial charge in [-0.1, -0.05) is 24.3 Å². The highest BCUT2D eigenvalue weighted by atomic mass is 32.2. The van der Waals surface area contributed by atoms with Crippen molar-refractivity contribution in [2.75, 3.05) is 5.32 Å². The van der Waals surface area contributed by atoms with Crippen molar-refractivity contribution >= 4 is 27.5 Å². The molecule has 36 heavy (non-hydrogen) atoms. The van der Waals surface area contributed by atoms with E-state index in [1.807, 2.05) is 6.07 Å². The fourth-order valence-corrected chi connectivity index (χ4v) is 5.48. The molecule has 1 aliphatic heterocycles. The highest BCUT2D eigenvalue weighted by Gasteiger charge is 2.48. The number of hydrogen-bond donors (Lipinski definition) is 2. The van der Waals surface area contributed by atoms with E-state index >= 15 is 0 Å². The van der Waals surface area contributed by atoms with E-state index in [0.29, 0.717) is 21.3 Å². The Kier molecular flexibility index (Phi) is 6.30. The molecule has 2 amide bonds. The summed E-state index contributed by atoms with van der Waals surface area (Å²) in [5.74, 6) is -3.44. The molecule has 11 nitrogen and oxygen atoms in total. The number of sulfone groups is 1. The van der Waals surface area contributed by atoms with Gasteiger partial charge in [0.25, 0.3) is 11.5 Å². The maximum absolute atomic E-state index is 13.3. The quantitative estimate of drug-likeness (QED) is 0.457. The van der Waals surface area contributed by atoms with Gasteiger partial charge in [0.1, 0.15) is 11.6 Å². The Labute approximate surface area is 203 Å². The van der Waals surface area contributed by atoms with Gasteiger partial charge in [-0.25, -0.2) is 17.6 Å². The average molecular weight is 511 g/mol. The summed E-state index contributed by atoms with van der Waals surface area (Å²) in [4.78, 5) is 50.5. The van der Waals surface area contributed by atoms with E-state index in [-0.39, 0.29) is 13.1 Å². The molecule has 1 unspecified atom stereocenters. The van der Waals surface area contributed by atoms with E-state index in [1.165, 1.54) is 43.4 Å². The lowest BCUT2D eigenvalue weighted by molar-refractivity contribution is -0.126. The number of fused-ring (bicyclic) bond motifs is 1. The van der Waals surface area contributed by atoms with Gasteiger partial charge in [0.05, 0.1) is 18.2 Å². The smallest absolute Gasteiger partial charge is 0.332 e. The number of amides is 2. The second-order valence-electron chi connectivity index (χ2n) is 7.98. The third-order valence-electron chi connectivity index (χ3n) is 5.62. The summed E-state index contributed by atoms with van der Waals surface area (Å²) in [5, 5.41) is 11.2. The Morgan fingerprint density at radius 3 is 2.31 bits per heavy atom. The van der Waals surface area contributed by atoms with Crippen molar-refractivity contribution in [3.63, 3.8) is 0 Å². The van der Waals surface area contributed by atoms with Crippen LogP contribution in [0.2, 0.25) is 0 Å². The average Bonchev–Trinajstić information content (AvgIpc) is 2.84. The van der Waals surface area contributed by atoms with E-state index in [1.54, 1.807) is 0 Å². The topological polar surface area (TPSA) is 160 Å². The zero-order valence-corrected chi connectivity index (χ0v) is 19.5. The summed E-state index contributed by atoms with van der Waals surface area (Å²) in [7, 11) is -3.68. The van der Waals surface area contributed by atoms with Gasteiger partial charge in [0.2, 0.25) is 21.0 Å². The fourth-order valence-electron chi connectivity index (χ4n) is 3.73. The highest BCUT2D eigenvalue weighted by molar-refractivity contribution is 7.94. The van der Waals surface area contributed by atoms with Crippen LogP contribution in [0.3, 0.4) is 0 Å². The van der Waals surface area contributed by atoms with Crippen molar-refractivity contribution in [1.29, 1.82) is 5.26 Å². The van der Waals surface area contributed by atoms with Crippen LogP contribution in [-0.4, -0.2) is 34.6 Å². The lowest BCUT2D eigenvalue weighted by Gasteiger charge is -2.25. The third-order valence-corrected chi connectivity index (χ3v) is 7.61. The molecule has 0 saturated carbocycles. The summed E-state index contributed by atoms with van der Waals surface area (Å²) >= 11 is 0. The van der Waals surface area contributed by atoms with E-state index in [0.717, 1.165) is 16.7 Å². The van der Waals surface area contributed by atoms with Gasteiger partial charge in [-0.15, -0.1) is 0 Å². The van der Waals surface area contributed by atoms with Crippen molar-refractivity contribution in [3.8, 4) is 6.07 Å². The zero-order chi connectivity index (χ0) is 26.2. The van der Waals surface area contributed by atoms with E-state index in [4.69, 9.17) is 5.26 Å². The first-order valence-electron chi connectivity index (χ1n) is 10.4. The Hall–Kier alpha value is -4.57. The number of anilines is 1. The van der Waals surface area contributed by atoms with Crippen LogP contribution >= 0.6 is 0 Å². The maximum Gasteiger partial charge on any atom is 0.332 e. The molecule has 2 N–H and O–H groups in total. The fraction of sp³-hybridized carbons (Fsp3) is 0.174. The molecule has 3 aromatic rings. The van der Waals surface area contributed by atoms with Gasteiger partial charge in [-0.3, -0.25) is 23.5 Å². The number of benzene rings is 2. The number of hydrogen-bond acceptors (Lipinski definition) is 7. The zero-order valence-electron chi connectivity index (χ0n) is 18.7.